The van der Waals surface area contributed by atoms with Crippen LogP contribution in [0.5, 0.6) is 0 Å². The van der Waals surface area contributed by atoms with Crippen LogP contribution in [-0.4, -0.2) is 25.0 Å². The molecule has 1 saturated heterocycles. The Morgan fingerprint density at radius 3 is 2.37 bits per heavy atom. The smallest absolute Gasteiger partial charge is 0.333 e. The fourth-order valence-corrected chi connectivity index (χ4v) is 4.18. The number of carbonyl (C=O) groups excluding carboxylic acids is 3. The number of rotatable bonds is 1. The van der Waals surface area contributed by atoms with E-state index in [0.717, 1.165) is 0 Å². The Bertz CT molecular complexity index is 572. The summed E-state index contributed by atoms with van der Waals surface area (Å²) < 4.78 is 9.53. The third-order valence-electron chi connectivity index (χ3n) is 4.94. The Morgan fingerprint density at radius 2 is 1.68 bits per heavy atom. The molecule has 0 spiro atoms. The average molecular weight is 260 g/mol. The molecule has 6 atom stereocenters. The highest BCUT2D eigenvalue weighted by molar-refractivity contribution is 5.99. The van der Waals surface area contributed by atoms with Crippen molar-refractivity contribution >= 4 is 17.9 Å². The van der Waals surface area contributed by atoms with Gasteiger partial charge in [0.15, 0.2) is 0 Å². The van der Waals surface area contributed by atoms with Gasteiger partial charge < -0.3 is 9.47 Å². The van der Waals surface area contributed by atoms with E-state index in [1.807, 2.05) is 18.2 Å². The van der Waals surface area contributed by atoms with E-state index >= 15 is 0 Å². The summed E-state index contributed by atoms with van der Waals surface area (Å²) in [5.41, 5.74) is 0.637. The van der Waals surface area contributed by atoms with Gasteiger partial charge in [-0.3, -0.25) is 9.59 Å². The summed E-state index contributed by atoms with van der Waals surface area (Å²) in [6.07, 6.45) is 5.84. The van der Waals surface area contributed by atoms with E-state index in [1.54, 1.807) is 0 Å². The van der Waals surface area contributed by atoms with Crippen molar-refractivity contribution in [2.24, 2.45) is 35.5 Å². The molecule has 5 nitrogen and oxygen atoms in total. The molecule has 5 heteroatoms. The van der Waals surface area contributed by atoms with Crippen LogP contribution in [0.25, 0.3) is 0 Å². The molecule has 4 aliphatic carbocycles. The molecule has 19 heavy (non-hydrogen) atoms. The van der Waals surface area contributed by atoms with Crippen molar-refractivity contribution in [3.05, 3.63) is 23.8 Å². The minimum Gasteiger partial charge on any atom is -0.466 e. The molecule has 5 rings (SSSR count). The maximum atomic E-state index is 11.8. The largest absolute Gasteiger partial charge is 0.466 e. The minimum atomic E-state index is -0.441. The molecule has 1 heterocycles. The molecule has 2 fully saturated rings. The number of allylic oxidation sites excluding steroid dienone is 3. The first kappa shape index (κ1) is 11.0. The van der Waals surface area contributed by atoms with Gasteiger partial charge in [-0.25, -0.2) is 4.79 Å². The second-order valence-electron chi connectivity index (χ2n) is 5.55. The van der Waals surface area contributed by atoms with Crippen molar-refractivity contribution < 1.29 is 23.9 Å². The summed E-state index contributed by atoms with van der Waals surface area (Å²) in [6.45, 7) is 0. The van der Waals surface area contributed by atoms with Crippen LogP contribution in [0.15, 0.2) is 23.8 Å². The van der Waals surface area contributed by atoms with E-state index in [-0.39, 0.29) is 35.6 Å². The van der Waals surface area contributed by atoms with Crippen molar-refractivity contribution in [1.29, 1.82) is 0 Å². The standard InChI is InChI=1S/C14H12O5/c1-18-12(15)8-4-7-5-2-3-6(9(7)8)11-10(5)13(16)19-14(11)17/h2-7,9-11H,1H3/t5-,6+,7-,9+,10-,11-/m1/s1. The zero-order valence-corrected chi connectivity index (χ0v) is 10.2. The van der Waals surface area contributed by atoms with Crippen LogP contribution < -0.4 is 0 Å². The van der Waals surface area contributed by atoms with Gasteiger partial charge in [-0.15, -0.1) is 0 Å². The van der Waals surface area contributed by atoms with Crippen LogP contribution in [0.1, 0.15) is 0 Å². The van der Waals surface area contributed by atoms with E-state index in [4.69, 9.17) is 9.47 Å². The van der Waals surface area contributed by atoms with E-state index in [2.05, 4.69) is 0 Å². The van der Waals surface area contributed by atoms with Gasteiger partial charge in [-0.1, -0.05) is 18.2 Å². The fraction of sp³-hybridized carbons (Fsp3) is 0.500. The molecule has 0 N–H and O–H groups in total. The van der Waals surface area contributed by atoms with Gasteiger partial charge in [0.05, 0.1) is 18.9 Å². The first-order chi connectivity index (χ1) is 9.13. The van der Waals surface area contributed by atoms with Crippen LogP contribution in [0.3, 0.4) is 0 Å². The summed E-state index contributed by atoms with van der Waals surface area (Å²) in [4.78, 5) is 35.3. The molecule has 1 aliphatic heterocycles. The number of hydrogen-bond donors (Lipinski definition) is 0. The number of ether oxygens (including phenoxy) is 2. The third-order valence-corrected chi connectivity index (χ3v) is 4.94. The minimum absolute atomic E-state index is 0.00199. The third kappa shape index (κ3) is 1.13. The normalized spacial score (nSPS) is 45.0. The Labute approximate surface area is 109 Å². The molecule has 0 aromatic carbocycles. The topological polar surface area (TPSA) is 69.7 Å². The lowest BCUT2D eigenvalue weighted by atomic mass is 9.48. The quantitative estimate of drug-likeness (QED) is 0.389. The van der Waals surface area contributed by atoms with Crippen LogP contribution in [0.2, 0.25) is 0 Å². The zero-order valence-electron chi connectivity index (χ0n) is 10.2. The molecule has 0 radical (unpaired) electrons. The van der Waals surface area contributed by atoms with Gasteiger partial charge in [-0.05, 0) is 17.8 Å². The molecule has 0 aromatic heterocycles. The maximum Gasteiger partial charge on any atom is 0.333 e. The number of carbonyl (C=O) groups is 3. The summed E-state index contributed by atoms with van der Waals surface area (Å²) in [6, 6.07) is 0. The summed E-state index contributed by atoms with van der Waals surface area (Å²) in [5.74, 6) is -1.94. The van der Waals surface area contributed by atoms with Crippen LogP contribution in [0, 0.1) is 35.5 Å². The van der Waals surface area contributed by atoms with E-state index in [0.29, 0.717) is 5.57 Å². The van der Waals surface area contributed by atoms with Gasteiger partial charge in [0, 0.05) is 11.5 Å². The second-order valence-corrected chi connectivity index (χ2v) is 5.55. The van der Waals surface area contributed by atoms with Gasteiger partial charge in [0.2, 0.25) is 0 Å². The predicted molar refractivity (Wildman–Crippen MR) is 61.3 cm³/mol. The van der Waals surface area contributed by atoms with Crippen molar-refractivity contribution in [3.63, 3.8) is 0 Å². The number of esters is 3. The highest BCUT2D eigenvalue weighted by Gasteiger charge is 2.64. The Hall–Kier alpha value is -1.91. The summed E-state index contributed by atoms with van der Waals surface area (Å²) in [7, 11) is 1.35. The van der Waals surface area contributed by atoms with Gasteiger partial charge >= 0.3 is 17.9 Å². The maximum absolute atomic E-state index is 11.8. The van der Waals surface area contributed by atoms with E-state index < -0.39 is 17.9 Å². The zero-order chi connectivity index (χ0) is 13.3. The monoisotopic (exact) mass is 260 g/mol. The molecule has 0 aromatic rings. The van der Waals surface area contributed by atoms with Crippen LogP contribution in [-0.2, 0) is 23.9 Å². The number of methoxy groups -OCH3 is 1. The molecule has 5 aliphatic rings. The highest BCUT2D eigenvalue weighted by Crippen LogP contribution is 2.60. The highest BCUT2D eigenvalue weighted by atomic mass is 16.6. The Kier molecular flexibility index (Phi) is 1.93. The molecule has 0 amide bonds. The molecule has 2 bridgehead atoms. The Balaban J connectivity index is 1.76. The van der Waals surface area contributed by atoms with Crippen LogP contribution >= 0.6 is 0 Å². The fourth-order valence-electron chi connectivity index (χ4n) is 4.18. The Morgan fingerprint density at radius 1 is 1.05 bits per heavy atom. The first-order valence-corrected chi connectivity index (χ1v) is 6.37. The van der Waals surface area contributed by atoms with Crippen molar-refractivity contribution in [1.82, 2.24) is 0 Å². The second kappa shape index (κ2) is 3.35. The van der Waals surface area contributed by atoms with Crippen molar-refractivity contribution in [2.45, 2.75) is 0 Å². The number of cyclic esters (lactones) is 2. The van der Waals surface area contributed by atoms with E-state index in [9.17, 15) is 14.4 Å². The van der Waals surface area contributed by atoms with E-state index in [1.165, 1.54) is 7.11 Å². The molecule has 1 saturated carbocycles. The molecular weight excluding hydrogens is 248 g/mol. The van der Waals surface area contributed by atoms with Gasteiger partial charge in [-0.2, -0.15) is 0 Å². The summed E-state index contributed by atoms with van der Waals surface area (Å²) in [5, 5.41) is 0. The lowest BCUT2D eigenvalue weighted by molar-refractivity contribution is -0.154. The lowest BCUT2D eigenvalue weighted by Crippen LogP contribution is -2.54. The molecule has 98 valence electrons. The average Bonchev–Trinajstić information content (AvgIpc) is 2.66. The van der Waals surface area contributed by atoms with Gasteiger partial charge in [0.1, 0.15) is 0 Å². The van der Waals surface area contributed by atoms with Crippen molar-refractivity contribution in [2.75, 3.05) is 7.11 Å². The van der Waals surface area contributed by atoms with Gasteiger partial charge in [0.25, 0.3) is 0 Å². The first-order valence-electron chi connectivity index (χ1n) is 6.37. The summed E-state index contributed by atoms with van der Waals surface area (Å²) >= 11 is 0. The molecule has 0 unspecified atom stereocenters. The van der Waals surface area contributed by atoms with Crippen molar-refractivity contribution in [3.8, 4) is 0 Å². The molecular formula is C14H12O5. The SMILES string of the molecule is COC(=O)C1=C[C@@H]2[C@H]3C=C[C@@H]([C@H]12)[C@H]1C(=O)OC(=O)[C@H]31. The van der Waals surface area contributed by atoms with Crippen LogP contribution in [0.4, 0.5) is 0 Å². The lowest BCUT2D eigenvalue weighted by Gasteiger charge is -2.53. The number of hydrogen-bond acceptors (Lipinski definition) is 5. The predicted octanol–water partition coefficient (Wildman–Crippen LogP) is 0.463.